The molecule has 5 nitrogen and oxygen atoms in total. The molecule has 2 aliphatic carbocycles. The van der Waals surface area contributed by atoms with Gasteiger partial charge in [0.2, 0.25) is 5.91 Å². The lowest BCUT2D eigenvalue weighted by Gasteiger charge is -2.41. The number of ether oxygens (including phenoxy) is 1. The minimum Gasteiger partial charge on any atom is -0.481 e. The fourth-order valence-electron chi connectivity index (χ4n) is 3.74. The maximum absolute atomic E-state index is 12.6. The summed E-state index contributed by atoms with van der Waals surface area (Å²) in [6.45, 7) is 3.50. The van der Waals surface area contributed by atoms with Crippen LogP contribution in [-0.2, 0) is 14.3 Å². The van der Waals surface area contributed by atoms with Gasteiger partial charge < -0.3 is 15.2 Å². The van der Waals surface area contributed by atoms with Crippen molar-refractivity contribution < 1.29 is 19.4 Å². The second kappa shape index (κ2) is 7.44. The van der Waals surface area contributed by atoms with Crippen molar-refractivity contribution in [3.8, 4) is 0 Å². The summed E-state index contributed by atoms with van der Waals surface area (Å²) < 4.78 is 5.39. The molecule has 0 aromatic rings. The van der Waals surface area contributed by atoms with Crippen molar-refractivity contribution in [3.05, 3.63) is 0 Å². The zero-order valence-corrected chi connectivity index (χ0v) is 13.7. The van der Waals surface area contributed by atoms with Crippen LogP contribution in [0.4, 0.5) is 0 Å². The smallest absolute Gasteiger partial charge is 0.311 e. The molecule has 0 saturated heterocycles. The third-order valence-corrected chi connectivity index (χ3v) is 5.57. The molecule has 0 radical (unpaired) electrons. The topological polar surface area (TPSA) is 75.6 Å². The molecule has 0 bridgehead atoms. The first-order chi connectivity index (χ1) is 10.5. The standard InChI is InChI=1S/C17H29NO4/c1-2-22-12-11-16(9-6-10-16)14(19)18-13-17(15(20)21)7-4-3-5-8-17/h2-13H2,1H3,(H,18,19)(H,20,21). The van der Waals surface area contributed by atoms with Crippen LogP contribution in [-0.4, -0.2) is 36.7 Å². The van der Waals surface area contributed by atoms with Crippen LogP contribution in [0.15, 0.2) is 0 Å². The number of carbonyl (C=O) groups is 2. The first kappa shape index (κ1) is 17.3. The van der Waals surface area contributed by atoms with E-state index in [9.17, 15) is 14.7 Å². The third kappa shape index (κ3) is 3.62. The summed E-state index contributed by atoms with van der Waals surface area (Å²) >= 11 is 0. The molecule has 1 amide bonds. The lowest BCUT2D eigenvalue weighted by atomic mass is 9.65. The van der Waals surface area contributed by atoms with Crippen LogP contribution >= 0.6 is 0 Å². The van der Waals surface area contributed by atoms with Crippen molar-refractivity contribution in [3.63, 3.8) is 0 Å². The highest BCUT2D eigenvalue weighted by atomic mass is 16.5. The summed E-state index contributed by atoms with van der Waals surface area (Å²) in [4.78, 5) is 24.3. The van der Waals surface area contributed by atoms with Gasteiger partial charge in [-0.05, 0) is 39.0 Å². The van der Waals surface area contributed by atoms with Gasteiger partial charge in [-0.1, -0.05) is 25.7 Å². The Hall–Kier alpha value is -1.10. The van der Waals surface area contributed by atoms with Crippen molar-refractivity contribution in [1.82, 2.24) is 5.32 Å². The number of hydrogen-bond donors (Lipinski definition) is 2. The molecule has 0 heterocycles. The van der Waals surface area contributed by atoms with E-state index < -0.39 is 11.4 Å². The Morgan fingerprint density at radius 3 is 2.18 bits per heavy atom. The summed E-state index contributed by atoms with van der Waals surface area (Å²) in [7, 11) is 0. The number of hydrogen-bond acceptors (Lipinski definition) is 3. The number of aliphatic carboxylic acids is 1. The lowest BCUT2D eigenvalue weighted by Crippen LogP contribution is -2.51. The fraction of sp³-hybridized carbons (Fsp3) is 0.882. The van der Waals surface area contributed by atoms with E-state index in [4.69, 9.17) is 4.74 Å². The van der Waals surface area contributed by atoms with E-state index in [-0.39, 0.29) is 17.9 Å². The normalized spacial score (nSPS) is 22.6. The van der Waals surface area contributed by atoms with Gasteiger partial charge in [-0.15, -0.1) is 0 Å². The molecule has 2 saturated carbocycles. The molecule has 2 N–H and O–H groups in total. The predicted octanol–water partition coefficient (Wildman–Crippen LogP) is 2.73. The summed E-state index contributed by atoms with van der Waals surface area (Å²) in [5.74, 6) is -0.728. The van der Waals surface area contributed by atoms with Crippen LogP contribution in [0.1, 0.15) is 64.7 Å². The molecule has 0 atom stereocenters. The molecular formula is C17H29NO4. The first-order valence-electron chi connectivity index (χ1n) is 8.64. The number of rotatable bonds is 8. The van der Waals surface area contributed by atoms with E-state index in [0.29, 0.717) is 26.1 Å². The molecule has 0 unspecified atom stereocenters. The molecule has 0 aromatic carbocycles. The Morgan fingerprint density at radius 1 is 1.05 bits per heavy atom. The minimum atomic E-state index is -0.760. The molecule has 2 fully saturated rings. The Bertz CT molecular complexity index is 397. The maximum Gasteiger partial charge on any atom is 0.311 e. The monoisotopic (exact) mass is 311 g/mol. The van der Waals surface area contributed by atoms with E-state index in [0.717, 1.165) is 44.9 Å². The summed E-state index contributed by atoms with van der Waals surface area (Å²) in [6, 6.07) is 0. The quantitative estimate of drug-likeness (QED) is 0.676. The molecule has 0 aliphatic heterocycles. The van der Waals surface area contributed by atoms with Gasteiger partial charge in [0.25, 0.3) is 0 Å². The Kier molecular flexibility index (Phi) is 5.84. The first-order valence-corrected chi connectivity index (χ1v) is 8.64. The zero-order chi connectivity index (χ0) is 16.1. The molecule has 0 aromatic heterocycles. The Balaban J connectivity index is 1.91. The van der Waals surface area contributed by atoms with Crippen molar-refractivity contribution in [2.75, 3.05) is 19.8 Å². The number of carboxylic acid groups (broad SMARTS) is 1. The van der Waals surface area contributed by atoms with Gasteiger partial charge in [0.1, 0.15) is 0 Å². The van der Waals surface area contributed by atoms with E-state index in [1.54, 1.807) is 0 Å². The predicted molar refractivity (Wildman–Crippen MR) is 83.6 cm³/mol. The maximum atomic E-state index is 12.6. The van der Waals surface area contributed by atoms with Gasteiger partial charge >= 0.3 is 5.97 Å². The van der Waals surface area contributed by atoms with Crippen LogP contribution in [0, 0.1) is 10.8 Å². The highest BCUT2D eigenvalue weighted by molar-refractivity contribution is 5.84. The van der Waals surface area contributed by atoms with Crippen LogP contribution in [0.25, 0.3) is 0 Å². The van der Waals surface area contributed by atoms with Crippen molar-refractivity contribution in [1.29, 1.82) is 0 Å². The van der Waals surface area contributed by atoms with Crippen LogP contribution in [0.5, 0.6) is 0 Å². The van der Waals surface area contributed by atoms with Crippen LogP contribution in [0.3, 0.4) is 0 Å². The summed E-state index contributed by atoms with van der Waals surface area (Å²) in [6.07, 6.45) is 7.94. The van der Waals surface area contributed by atoms with E-state index >= 15 is 0 Å². The van der Waals surface area contributed by atoms with Crippen molar-refractivity contribution in [2.45, 2.75) is 64.7 Å². The second-order valence-electron chi connectivity index (χ2n) is 6.91. The van der Waals surface area contributed by atoms with E-state index in [2.05, 4.69) is 5.32 Å². The van der Waals surface area contributed by atoms with E-state index in [1.807, 2.05) is 6.92 Å². The van der Waals surface area contributed by atoms with Crippen molar-refractivity contribution in [2.24, 2.45) is 10.8 Å². The van der Waals surface area contributed by atoms with Gasteiger partial charge in [-0.2, -0.15) is 0 Å². The van der Waals surface area contributed by atoms with Crippen LogP contribution < -0.4 is 5.32 Å². The number of amides is 1. The number of nitrogens with one attached hydrogen (secondary N) is 1. The average Bonchev–Trinajstić information content (AvgIpc) is 2.48. The van der Waals surface area contributed by atoms with Crippen LogP contribution in [0.2, 0.25) is 0 Å². The largest absolute Gasteiger partial charge is 0.481 e. The fourth-order valence-corrected chi connectivity index (χ4v) is 3.74. The van der Waals surface area contributed by atoms with Crippen molar-refractivity contribution >= 4 is 11.9 Å². The highest BCUT2D eigenvalue weighted by Crippen LogP contribution is 2.44. The number of carbonyl (C=O) groups excluding carboxylic acids is 1. The van der Waals surface area contributed by atoms with E-state index in [1.165, 1.54) is 0 Å². The molecule has 2 rings (SSSR count). The lowest BCUT2D eigenvalue weighted by molar-refractivity contribution is -0.151. The summed E-state index contributed by atoms with van der Waals surface area (Å²) in [5.41, 5.74) is -1.07. The molecular weight excluding hydrogens is 282 g/mol. The third-order valence-electron chi connectivity index (χ3n) is 5.57. The molecule has 5 heteroatoms. The number of carboxylic acids is 1. The molecule has 0 spiro atoms. The Morgan fingerprint density at radius 2 is 1.68 bits per heavy atom. The van der Waals surface area contributed by atoms with Gasteiger partial charge in [0.15, 0.2) is 0 Å². The molecule has 22 heavy (non-hydrogen) atoms. The summed E-state index contributed by atoms with van der Waals surface area (Å²) in [5, 5.41) is 12.5. The highest BCUT2D eigenvalue weighted by Gasteiger charge is 2.46. The van der Waals surface area contributed by atoms with Gasteiger partial charge in [-0.25, -0.2) is 0 Å². The SMILES string of the molecule is CCOCCC1(C(=O)NCC2(C(=O)O)CCCCC2)CCC1. The van der Waals surface area contributed by atoms with Gasteiger partial charge in [-0.3, -0.25) is 9.59 Å². The second-order valence-corrected chi connectivity index (χ2v) is 6.91. The minimum absolute atomic E-state index is 0.0321. The zero-order valence-electron chi connectivity index (χ0n) is 13.7. The van der Waals surface area contributed by atoms with Gasteiger partial charge in [0.05, 0.1) is 10.8 Å². The molecule has 2 aliphatic rings. The molecule has 126 valence electrons. The Labute approximate surface area is 132 Å². The van der Waals surface area contributed by atoms with Gasteiger partial charge in [0, 0.05) is 19.8 Å². The average molecular weight is 311 g/mol.